The van der Waals surface area contributed by atoms with Gasteiger partial charge in [-0.3, -0.25) is 4.79 Å². The molecule has 1 aliphatic rings. The molecule has 3 rings (SSSR count). The van der Waals surface area contributed by atoms with E-state index in [2.05, 4.69) is 15.8 Å². The van der Waals surface area contributed by atoms with E-state index in [1.807, 2.05) is 0 Å². The summed E-state index contributed by atoms with van der Waals surface area (Å²) in [4.78, 5) is 12.0. The van der Waals surface area contributed by atoms with Gasteiger partial charge < -0.3 is 19.6 Å². The van der Waals surface area contributed by atoms with E-state index in [1.54, 1.807) is 24.5 Å². The highest BCUT2D eigenvalue weighted by atomic mass is 35.5. The molecule has 108 valence electrons. The number of hydrogen-bond acceptors (Lipinski definition) is 5. The van der Waals surface area contributed by atoms with E-state index in [-0.39, 0.29) is 30.0 Å². The van der Waals surface area contributed by atoms with Gasteiger partial charge in [-0.15, -0.1) is 12.4 Å². The summed E-state index contributed by atoms with van der Waals surface area (Å²) in [5.41, 5.74) is 0.275. The molecule has 0 aliphatic carbocycles. The maximum atomic E-state index is 12.0. The summed E-state index contributed by atoms with van der Waals surface area (Å²) in [6.07, 6.45) is 3.61. The highest BCUT2D eigenvalue weighted by molar-refractivity contribution is 5.93. The Morgan fingerprint density at radius 3 is 3.05 bits per heavy atom. The van der Waals surface area contributed by atoms with Gasteiger partial charge in [0.05, 0.1) is 6.26 Å². The molecule has 0 bridgehead atoms. The molecule has 7 heteroatoms. The fourth-order valence-corrected chi connectivity index (χ4v) is 2.15. The fraction of sp³-hybridized carbons (Fsp3) is 0.385. The van der Waals surface area contributed by atoms with Crippen LogP contribution in [0.1, 0.15) is 23.3 Å². The molecule has 0 spiro atoms. The Hall–Kier alpha value is -1.79. The predicted molar refractivity (Wildman–Crippen MR) is 74.8 cm³/mol. The Morgan fingerprint density at radius 1 is 1.45 bits per heavy atom. The summed E-state index contributed by atoms with van der Waals surface area (Å²) in [5, 5.41) is 9.96. The Kier molecular flexibility index (Phi) is 4.81. The molecule has 0 aromatic carbocycles. The van der Waals surface area contributed by atoms with Crippen LogP contribution in [0.15, 0.2) is 33.4 Å². The average molecular weight is 298 g/mol. The summed E-state index contributed by atoms with van der Waals surface area (Å²) >= 11 is 0. The zero-order chi connectivity index (χ0) is 13.1. The monoisotopic (exact) mass is 297 g/mol. The van der Waals surface area contributed by atoms with Crippen LogP contribution in [-0.2, 0) is 0 Å². The molecule has 1 saturated heterocycles. The molecule has 2 aromatic rings. The maximum Gasteiger partial charge on any atom is 0.273 e. The van der Waals surface area contributed by atoms with Crippen molar-refractivity contribution < 1.29 is 13.7 Å². The van der Waals surface area contributed by atoms with E-state index in [4.69, 9.17) is 8.94 Å². The van der Waals surface area contributed by atoms with Gasteiger partial charge in [0.25, 0.3) is 5.91 Å². The lowest BCUT2D eigenvalue weighted by Gasteiger charge is -2.23. The second-order valence-electron chi connectivity index (χ2n) is 4.57. The van der Waals surface area contributed by atoms with Crippen molar-refractivity contribution in [3.05, 3.63) is 30.2 Å². The molecule has 1 aliphatic heterocycles. The van der Waals surface area contributed by atoms with E-state index in [0.717, 1.165) is 25.9 Å². The normalized spacial score (nSPS) is 18.3. The Labute approximate surface area is 122 Å². The smallest absolute Gasteiger partial charge is 0.273 e. The molecule has 3 heterocycles. The van der Waals surface area contributed by atoms with Crippen molar-refractivity contribution in [3.8, 4) is 11.5 Å². The van der Waals surface area contributed by atoms with Gasteiger partial charge in [-0.2, -0.15) is 0 Å². The van der Waals surface area contributed by atoms with Crippen molar-refractivity contribution in [2.24, 2.45) is 0 Å². The van der Waals surface area contributed by atoms with Crippen LogP contribution in [0.25, 0.3) is 11.5 Å². The number of amides is 1. The van der Waals surface area contributed by atoms with Gasteiger partial charge in [-0.25, -0.2) is 0 Å². The van der Waals surface area contributed by atoms with Gasteiger partial charge in [0.15, 0.2) is 11.5 Å². The van der Waals surface area contributed by atoms with E-state index in [0.29, 0.717) is 11.5 Å². The second-order valence-corrected chi connectivity index (χ2v) is 4.57. The number of halogens is 1. The van der Waals surface area contributed by atoms with E-state index >= 15 is 0 Å². The van der Waals surface area contributed by atoms with Gasteiger partial charge in [0, 0.05) is 18.7 Å². The van der Waals surface area contributed by atoms with Crippen molar-refractivity contribution in [3.63, 3.8) is 0 Å². The second kappa shape index (κ2) is 6.58. The average Bonchev–Trinajstić information content (AvgIpc) is 3.11. The van der Waals surface area contributed by atoms with Gasteiger partial charge in [0.1, 0.15) is 0 Å². The summed E-state index contributed by atoms with van der Waals surface area (Å²) in [5.74, 6) is 0.804. The first kappa shape index (κ1) is 14.6. The number of nitrogens with one attached hydrogen (secondary N) is 2. The number of rotatable bonds is 3. The van der Waals surface area contributed by atoms with E-state index in [9.17, 15) is 4.79 Å². The standard InChI is InChI=1S/C13H15N3O3.ClH/c17-13(15-9-3-1-5-14-8-9)10-7-12(19-16-10)11-4-2-6-18-11;/h2,4,6-7,9,14H,1,3,5,8H2,(H,15,17);1H/t9-;/m0./s1. The predicted octanol–water partition coefficient (Wildman–Crippen LogP) is 1.84. The largest absolute Gasteiger partial charge is 0.461 e. The molecule has 1 fully saturated rings. The molecular formula is C13H16ClN3O3. The van der Waals surface area contributed by atoms with Crippen molar-refractivity contribution in [1.82, 2.24) is 15.8 Å². The van der Waals surface area contributed by atoms with Crippen LogP contribution in [-0.4, -0.2) is 30.2 Å². The lowest BCUT2D eigenvalue weighted by molar-refractivity contribution is 0.0921. The number of carbonyl (C=O) groups excluding carboxylic acids is 1. The molecule has 0 radical (unpaired) electrons. The van der Waals surface area contributed by atoms with Crippen LogP contribution < -0.4 is 10.6 Å². The highest BCUT2D eigenvalue weighted by Crippen LogP contribution is 2.20. The molecule has 6 nitrogen and oxygen atoms in total. The first-order chi connectivity index (χ1) is 9.33. The first-order valence-corrected chi connectivity index (χ1v) is 6.35. The van der Waals surface area contributed by atoms with Crippen molar-refractivity contribution in [2.45, 2.75) is 18.9 Å². The summed E-state index contributed by atoms with van der Waals surface area (Å²) in [7, 11) is 0. The fourth-order valence-electron chi connectivity index (χ4n) is 2.15. The van der Waals surface area contributed by atoms with Crippen LogP contribution in [0, 0.1) is 0 Å². The Morgan fingerprint density at radius 2 is 2.35 bits per heavy atom. The molecule has 0 saturated carbocycles. The van der Waals surface area contributed by atoms with Crippen molar-refractivity contribution in [1.29, 1.82) is 0 Å². The van der Waals surface area contributed by atoms with E-state index < -0.39 is 0 Å². The lowest BCUT2D eigenvalue weighted by Crippen LogP contribution is -2.45. The van der Waals surface area contributed by atoms with Crippen LogP contribution in [0.5, 0.6) is 0 Å². The Balaban J connectivity index is 0.00000147. The number of aromatic nitrogens is 1. The summed E-state index contributed by atoms with van der Waals surface area (Å²) in [6, 6.07) is 5.26. The van der Waals surface area contributed by atoms with Crippen LogP contribution in [0.3, 0.4) is 0 Å². The van der Waals surface area contributed by atoms with Crippen LogP contribution in [0.4, 0.5) is 0 Å². The third-order valence-corrected chi connectivity index (χ3v) is 3.14. The minimum absolute atomic E-state index is 0. The van der Waals surface area contributed by atoms with Crippen molar-refractivity contribution in [2.75, 3.05) is 13.1 Å². The SMILES string of the molecule is Cl.O=C(N[C@H]1CCCNC1)c1cc(-c2ccco2)on1. The van der Waals surface area contributed by atoms with Crippen LogP contribution in [0.2, 0.25) is 0 Å². The van der Waals surface area contributed by atoms with Gasteiger partial charge in [0.2, 0.25) is 5.76 Å². The maximum absolute atomic E-state index is 12.0. The number of nitrogens with zero attached hydrogens (tertiary/aromatic N) is 1. The van der Waals surface area contributed by atoms with E-state index in [1.165, 1.54) is 0 Å². The number of carbonyl (C=O) groups is 1. The number of hydrogen-bond donors (Lipinski definition) is 2. The zero-order valence-corrected chi connectivity index (χ0v) is 11.6. The third kappa shape index (κ3) is 3.20. The minimum atomic E-state index is -0.213. The quantitative estimate of drug-likeness (QED) is 0.903. The minimum Gasteiger partial charge on any atom is -0.461 e. The molecule has 20 heavy (non-hydrogen) atoms. The van der Waals surface area contributed by atoms with Crippen LogP contribution >= 0.6 is 12.4 Å². The number of furan rings is 1. The third-order valence-electron chi connectivity index (χ3n) is 3.14. The van der Waals surface area contributed by atoms with Gasteiger partial charge in [-0.05, 0) is 31.5 Å². The van der Waals surface area contributed by atoms with Gasteiger partial charge in [-0.1, -0.05) is 5.16 Å². The highest BCUT2D eigenvalue weighted by Gasteiger charge is 2.19. The Bertz CT molecular complexity index is 547. The lowest BCUT2D eigenvalue weighted by atomic mass is 10.1. The summed E-state index contributed by atoms with van der Waals surface area (Å²) in [6.45, 7) is 1.81. The van der Waals surface area contributed by atoms with Crippen molar-refractivity contribution >= 4 is 18.3 Å². The van der Waals surface area contributed by atoms with Gasteiger partial charge >= 0.3 is 0 Å². The molecule has 2 N–H and O–H groups in total. The molecule has 1 atom stereocenters. The molecule has 2 aromatic heterocycles. The molecular weight excluding hydrogens is 282 g/mol. The summed E-state index contributed by atoms with van der Waals surface area (Å²) < 4.78 is 10.3. The first-order valence-electron chi connectivity index (χ1n) is 6.35. The molecule has 1 amide bonds. The zero-order valence-electron chi connectivity index (χ0n) is 10.8. The topological polar surface area (TPSA) is 80.3 Å². The number of piperidine rings is 1. The molecule has 0 unspecified atom stereocenters.